The molecule has 2 nitrogen and oxygen atoms in total. The van der Waals surface area contributed by atoms with Crippen LogP contribution in [-0.2, 0) is 4.74 Å². The van der Waals surface area contributed by atoms with Gasteiger partial charge in [-0.05, 0) is 31.6 Å². The monoisotopic (exact) mass is 239 g/mol. The summed E-state index contributed by atoms with van der Waals surface area (Å²) in [5.41, 5.74) is 0. The molecule has 1 saturated carbocycles. The maximum absolute atomic E-state index is 5.53. The number of hydrogen-bond donors (Lipinski definition) is 1. The van der Waals surface area contributed by atoms with Crippen LogP contribution in [0.2, 0.25) is 0 Å². The second kappa shape index (κ2) is 7.38. The van der Waals surface area contributed by atoms with Gasteiger partial charge in [0.2, 0.25) is 0 Å². The Bertz CT molecular complexity index is 193. The Morgan fingerprint density at radius 1 is 1.06 bits per heavy atom. The van der Waals surface area contributed by atoms with Crippen LogP contribution in [0.4, 0.5) is 0 Å². The average molecular weight is 239 g/mol. The third-order valence-electron chi connectivity index (χ3n) is 4.53. The molecular weight excluding hydrogens is 210 g/mol. The van der Waals surface area contributed by atoms with Gasteiger partial charge in [-0.25, -0.2) is 0 Å². The summed E-state index contributed by atoms with van der Waals surface area (Å²) < 4.78 is 5.53. The average Bonchev–Trinajstić information content (AvgIpc) is 2.81. The SMILES string of the molecule is CCC(NC1CCCCCCC1)C1CCOC1. The number of rotatable bonds is 4. The van der Waals surface area contributed by atoms with Crippen LogP contribution in [0.25, 0.3) is 0 Å². The molecule has 0 spiro atoms. The van der Waals surface area contributed by atoms with Crippen molar-refractivity contribution >= 4 is 0 Å². The van der Waals surface area contributed by atoms with Gasteiger partial charge < -0.3 is 10.1 Å². The van der Waals surface area contributed by atoms with E-state index in [0.717, 1.165) is 25.2 Å². The first-order chi connectivity index (χ1) is 8.40. The molecule has 0 aromatic heterocycles. The Kier molecular flexibility index (Phi) is 5.79. The molecule has 0 amide bonds. The Hall–Kier alpha value is -0.0800. The van der Waals surface area contributed by atoms with E-state index in [-0.39, 0.29) is 0 Å². The van der Waals surface area contributed by atoms with Gasteiger partial charge in [0, 0.05) is 18.7 Å². The van der Waals surface area contributed by atoms with Crippen LogP contribution < -0.4 is 5.32 Å². The summed E-state index contributed by atoms with van der Waals surface area (Å²) in [7, 11) is 0. The summed E-state index contributed by atoms with van der Waals surface area (Å²) in [4.78, 5) is 0. The van der Waals surface area contributed by atoms with Gasteiger partial charge in [-0.1, -0.05) is 39.0 Å². The van der Waals surface area contributed by atoms with Crippen LogP contribution in [-0.4, -0.2) is 25.3 Å². The highest BCUT2D eigenvalue weighted by Crippen LogP contribution is 2.22. The summed E-state index contributed by atoms with van der Waals surface area (Å²) in [5.74, 6) is 0.769. The molecule has 2 aliphatic rings. The highest BCUT2D eigenvalue weighted by Gasteiger charge is 2.26. The highest BCUT2D eigenvalue weighted by atomic mass is 16.5. The maximum atomic E-state index is 5.53. The lowest BCUT2D eigenvalue weighted by molar-refractivity contribution is 0.172. The highest BCUT2D eigenvalue weighted by molar-refractivity contribution is 4.82. The predicted octanol–water partition coefficient (Wildman–Crippen LogP) is 3.50. The van der Waals surface area contributed by atoms with Gasteiger partial charge in [-0.2, -0.15) is 0 Å². The Morgan fingerprint density at radius 2 is 1.76 bits per heavy atom. The molecule has 100 valence electrons. The van der Waals surface area contributed by atoms with E-state index < -0.39 is 0 Å². The second-order valence-corrected chi connectivity index (χ2v) is 5.85. The van der Waals surface area contributed by atoms with Gasteiger partial charge in [0.25, 0.3) is 0 Å². The van der Waals surface area contributed by atoms with E-state index in [0.29, 0.717) is 6.04 Å². The van der Waals surface area contributed by atoms with Crippen LogP contribution in [0.15, 0.2) is 0 Å². The lowest BCUT2D eigenvalue weighted by Gasteiger charge is -2.29. The number of ether oxygens (including phenoxy) is 1. The van der Waals surface area contributed by atoms with Gasteiger partial charge in [-0.15, -0.1) is 0 Å². The minimum absolute atomic E-state index is 0.696. The molecule has 0 aromatic rings. The smallest absolute Gasteiger partial charge is 0.0510 e. The van der Waals surface area contributed by atoms with E-state index in [1.807, 2.05) is 0 Å². The van der Waals surface area contributed by atoms with Crippen molar-refractivity contribution in [2.24, 2.45) is 5.92 Å². The number of nitrogens with one attached hydrogen (secondary N) is 1. The van der Waals surface area contributed by atoms with Crippen molar-refractivity contribution in [2.75, 3.05) is 13.2 Å². The van der Waals surface area contributed by atoms with Crippen LogP contribution in [0.5, 0.6) is 0 Å². The molecule has 2 unspecified atom stereocenters. The van der Waals surface area contributed by atoms with Gasteiger partial charge in [-0.3, -0.25) is 0 Å². The van der Waals surface area contributed by atoms with Crippen molar-refractivity contribution in [1.29, 1.82) is 0 Å². The quantitative estimate of drug-likeness (QED) is 0.810. The van der Waals surface area contributed by atoms with Crippen LogP contribution in [0, 0.1) is 5.92 Å². The van der Waals surface area contributed by atoms with Crippen molar-refractivity contribution in [3.63, 3.8) is 0 Å². The Labute approximate surface area is 107 Å². The van der Waals surface area contributed by atoms with E-state index in [9.17, 15) is 0 Å². The van der Waals surface area contributed by atoms with Crippen molar-refractivity contribution < 1.29 is 4.74 Å². The standard InChI is InChI=1S/C15H29NO/c1-2-15(13-10-11-17-12-13)16-14-8-6-4-3-5-7-9-14/h13-16H,2-12H2,1H3. The molecule has 2 heteroatoms. The fourth-order valence-corrected chi connectivity index (χ4v) is 3.38. The largest absolute Gasteiger partial charge is 0.381 e. The lowest BCUT2D eigenvalue weighted by atomic mass is 9.92. The van der Waals surface area contributed by atoms with Crippen molar-refractivity contribution in [3.05, 3.63) is 0 Å². The first-order valence-electron chi connectivity index (χ1n) is 7.74. The van der Waals surface area contributed by atoms with E-state index in [1.54, 1.807) is 0 Å². The summed E-state index contributed by atoms with van der Waals surface area (Å²) in [6, 6.07) is 1.47. The number of hydrogen-bond acceptors (Lipinski definition) is 2. The molecule has 1 heterocycles. The molecule has 1 aliphatic heterocycles. The van der Waals surface area contributed by atoms with Gasteiger partial charge in [0.05, 0.1) is 6.61 Å². The molecule has 0 aromatic carbocycles. The summed E-state index contributed by atoms with van der Waals surface area (Å²) >= 11 is 0. The minimum atomic E-state index is 0.696. The normalized spacial score (nSPS) is 29.8. The van der Waals surface area contributed by atoms with Gasteiger partial charge in [0.1, 0.15) is 0 Å². The topological polar surface area (TPSA) is 21.3 Å². The molecule has 0 bridgehead atoms. The summed E-state index contributed by atoms with van der Waals surface area (Å²) in [6.07, 6.45) is 12.5. The van der Waals surface area contributed by atoms with Crippen LogP contribution >= 0.6 is 0 Å². The first kappa shape index (κ1) is 13.4. The third kappa shape index (κ3) is 4.26. The zero-order valence-corrected chi connectivity index (χ0v) is 11.4. The Balaban J connectivity index is 1.78. The summed E-state index contributed by atoms with van der Waals surface area (Å²) in [6.45, 7) is 4.28. The summed E-state index contributed by atoms with van der Waals surface area (Å²) in [5, 5.41) is 3.94. The first-order valence-corrected chi connectivity index (χ1v) is 7.74. The fourth-order valence-electron chi connectivity index (χ4n) is 3.38. The molecule has 1 aliphatic carbocycles. The van der Waals surface area contributed by atoms with E-state index in [1.165, 1.54) is 57.8 Å². The van der Waals surface area contributed by atoms with Crippen molar-refractivity contribution in [1.82, 2.24) is 5.32 Å². The van der Waals surface area contributed by atoms with Crippen LogP contribution in [0.3, 0.4) is 0 Å². The zero-order chi connectivity index (χ0) is 11.9. The molecule has 1 saturated heterocycles. The predicted molar refractivity (Wildman–Crippen MR) is 72.2 cm³/mol. The molecule has 1 N–H and O–H groups in total. The van der Waals surface area contributed by atoms with E-state index in [4.69, 9.17) is 4.74 Å². The third-order valence-corrected chi connectivity index (χ3v) is 4.53. The molecule has 2 atom stereocenters. The Morgan fingerprint density at radius 3 is 2.35 bits per heavy atom. The van der Waals surface area contributed by atoms with Crippen LogP contribution in [0.1, 0.15) is 64.7 Å². The molecule has 17 heavy (non-hydrogen) atoms. The van der Waals surface area contributed by atoms with Crippen molar-refractivity contribution in [2.45, 2.75) is 76.8 Å². The second-order valence-electron chi connectivity index (χ2n) is 5.85. The minimum Gasteiger partial charge on any atom is -0.381 e. The van der Waals surface area contributed by atoms with Crippen molar-refractivity contribution in [3.8, 4) is 0 Å². The molecule has 0 radical (unpaired) electrons. The maximum Gasteiger partial charge on any atom is 0.0510 e. The van der Waals surface area contributed by atoms with E-state index in [2.05, 4.69) is 12.2 Å². The molecular formula is C15H29NO. The fraction of sp³-hybridized carbons (Fsp3) is 1.00. The van der Waals surface area contributed by atoms with Gasteiger partial charge in [0.15, 0.2) is 0 Å². The van der Waals surface area contributed by atoms with Gasteiger partial charge >= 0.3 is 0 Å². The zero-order valence-electron chi connectivity index (χ0n) is 11.4. The molecule has 2 rings (SSSR count). The lowest BCUT2D eigenvalue weighted by Crippen LogP contribution is -2.43. The molecule has 2 fully saturated rings. The van der Waals surface area contributed by atoms with E-state index >= 15 is 0 Å².